The van der Waals surface area contributed by atoms with Crippen molar-refractivity contribution in [1.82, 2.24) is 0 Å². The monoisotopic (exact) mass is 295 g/mol. The molecular weight excluding hydrogens is 269 g/mol. The van der Waals surface area contributed by atoms with Gasteiger partial charge in [-0.05, 0) is 74.9 Å². The molecular formula is C17H26FNS. The van der Waals surface area contributed by atoms with Crippen LogP contribution in [0.25, 0.3) is 0 Å². The Balaban J connectivity index is 1.77. The summed E-state index contributed by atoms with van der Waals surface area (Å²) in [5.41, 5.74) is 0. The highest BCUT2D eigenvalue weighted by Crippen LogP contribution is 2.33. The Morgan fingerprint density at radius 2 is 1.75 bits per heavy atom. The van der Waals surface area contributed by atoms with Crippen LogP contribution in [0.3, 0.4) is 0 Å². The third kappa shape index (κ3) is 4.49. The van der Waals surface area contributed by atoms with E-state index in [1.165, 1.54) is 32.1 Å². The zero-order valence-corrected chi connectivity index (χ0v) is 13.2. The predicted molar refractivity (Wildman–Crippen MR) is 85.9 cm³/mol. The van der Waals surface area contributed by atoms with E-state index in [-0.39, 0.29) is 6.04 Å². The number of rotatable bonds is 4. The van der Waals surface area contributed by atoms with E-state index >= 15 is 0 Å². The third-order valence-electron chi connectivity index (χ3n) is 5.12. The summed E-state index contributed by atoms with van der Waals surface area (Å²) in [5.74, 6) is 2.07. The summed E-state index contributed by atoms with van der Waals surface area (Å²) < 4.78 is 13.9. The van der Waals surface area contributed by atoms with Crippen molar-refractivity contribution in [2.24, 2.45) is 22.7 Å². The second kappa shape index (κ2) is 8.05. The van der Waals surface area contributed by atoms with Crippen LogP contribution in [-0.4, -0.2) is 17.4 Å². The number of aliphatic imine (C=N–C) groups is 1. The molecule has 2 saturated carbocycles. The molecule has 0 spiro atoms. The van der Waals surface area contributed by atoms with Crippen LogP contribution in [0.5, 0.6) is 0 Å². The summed E-state index contributed by atoms with van der Waals surface area (Å²) in [7, 11) is 0. The lowest BCUT2D eigenvalue weighted by atomic mass is 9.79. The number of nitrogens with zero attached hydrogens (tertiary/aromatic N) is 1. The maximum absolute atomic E-state index is 13.9. The number of hydrogen-bond acceptors (Lipinski definition) is 2. The molecule has 1 nitrogen and oxygen atoms in total. The highest BCUT2D eigenvalue weighted by molar-refractivity contribution is 7.78. The lowest BCUT2D eigenvalue weighted by molar-refractivity contribution is 0.192. The molecule has 2 aliphatic carbocycles. The van der Waals surface area contributed by atoms with E-state index in [1.807, 2.05) is 0 Å². The minimum Gasteiger partial charge on any atom is -0.245 e. The van der Waals surface area contributed by atoms with Crippen molar-refractivity contribution in [1.29, 1.82) is 0 Å². The van der Waals surface area contributed by atoms with Crippen molar-refractivity contribution in [3.63, 3.8) is 0 Å². The first-order valence-electron chi connectivity index (χ1n) is 8.12. The van der Waals surface area contributed by atoms with Crippen molar-refractivity contribution in [3.05, 3.63) is 12.2 Å². The van der Waals surface area contributed by atoms with Gasteiger partial charge in [0.25, 0.3) is 0 Å². The van der Waals surface area contributed by atoms with Gasteiger partial charge in [-0.2, -0.15) is 0 Å². The van der Waals surface area contributed by atoms with Crippen LogP contribution in [-0.2, 0) is 0 Å². The molecule has 0 aromatic carbocycles. The lowest BCUT2D eigenvalue weighted by Gasteiger charge is -2.28. The number of hydrogen-bond donors (Lipinski definition) is 0. The van der Waals surface area contributed by atoms with E-state index < -0.39 is 6.17 Å². The summed E-state index contributed by atoms with van der Waals surface area (Å²) in [5, 5.41) is 2.33. The largest absolute Gasteiger partial charge is 0.245 e. The lowest BCUT2D eigenvalue weighted by Crippen LogP contribution is -2.28. The van der Waals surface area contributed by atoms with Crippen LogP contribution in [0.2, 0.25) is 0 Å². The minimum atomic E-state index is -0.843. The van der Waals surface area contributed by atoms with E-state index in [1.54, 1.807) is 0 Å². The van der Waals surface area contributed by atoms with E-state index in [4.69, 9.17) is 0 Å². The Morgan fingerprint density at radius 3 is 2.35 bits per heavy atom. The molecule has 20 heavy (non-hydrogen) atoms. The van der Waals surface area contributed by atoms with E-state index in [0.29, 0.717) is 12.3 Å². The van der Waals surface area contributed by atoms with Gasteiger partial charge in [0.2, 0.25) is 0 Å². The Morgan fingerprint density at radius 1 is 1.10 bits per heavy atom. The molecule has 0 heterocycles. The minimum absolute atomic E-state index is 0.239. The maximum atomic E-state index is 13.9. The maximum Gasteiger partial charge on any atom is 0.124 e. The molecule has 0 radical (unpaired) electrons. The van der Waals surface area contributed by atoms with Gasteiger partial charge in [-0.15, -0.1) is 0 Å². The molecule has 112 valence electrons. The van der Waals surface area contributed by atoms with Gasteiger partial charge in [0.1, 0.15) is 6.17 Å². The number of isothiocyanates is 1. The van der Waals surface area contributed by atoms with Crippen molar-refractivity contribution >= 4 is 17.4 Å². The Labute approximate surface area is 127 Å². The molecule has 0 aliphatic heterocycles. The number of halogens is 1. The molecule has 3 heteroatoms. The van der Waals surface area contributed by atoms with Crippen LogP contribution in [0, 0.1) is 17.8 Å². The summed E-state index contributed by atoms with van der Waals surface area (Å²) in [6.07, 6.45) is 12.9. The molecule has 2 aliphatic rings. The van der Waals surface area contributed by atoms with Gasteiger partial charge >= 0.3 is 0 Å². The molecule has 0 saturated heterocycles. The van der Waals surface area contributed by atoms with Gasteiger partial charge in [0, 0.05) is 0 Å². The van der Waals surface area contributed by atoms with Crippen molar-refractivity contribution in [3.8, 4) is 0 Å². The third-order valence-corrected chi connectivity index (χ3v) is 5.23. The van der Waals surface area contributed by atoms with Crippen molar-refractivity contribution < 1.29 is 4.39 Å². The summed E-state index contributed by atoms with van der Waals surface area (Å²) >= 11 is 4.57. The molecule has 0 bridgehead atoms. The van der Waals surface area contributed by atoms with Crippen LogP contribution in [0.1, 0.15) is 58.3 Å². The number of allylic oxidation sites excluding steroid dienone is 2. The fourth-order valence-corrected chi connectivity index (χ4v) is 3.76. The normalized spacial score (nSPS) is 38.6. The summed E-state index contributed by atoms with van der Waals surface area (Å²) in [6, 6.07) is -0.239. The Bertz CT molecular complexity index is 367. The first-order chi connectivity index (χ1) is 9.72. The molecule has 3 atom stereocenters. The average molecular weight is 295 g/mol. The zero-order valence-electron chi connectivity index (χ0n) is 12.4. The quantitative estimate of drug-likeness (QED) is 0.386. The smallest absolute Gasteiger partial charge is 0.124 e. The topological polar surface area (TPSA) is 12.4 Å². The Hall–Kier alpha value is -0.530. The van der Waals surface area contributed by atoms with Crippen molar-refractivity contribution in [2.45, 2.75) is 70.5 Å². The van der Waals surface area contributed by atoms with Crippen LogP contribution in [0.15, 0.2) is 17.1 Å². The second-order valence-electron chi connectivity index (χ2n) is 6.45. The Kier molecular flexibility index (Phi) is 6.38. The van der Waals surface area contributed by atoms with E-state index in [9.17, 15) is 4.39 Å². The molecule has 2 rings (SSSR count). The molecule has 0 N–H and O–H groups in total. The summed E-state index contributed by atoms with van der Waals surface area (Å²) in [6.45, 7) is 2.30. The van der Waals surface area contributed by atoms with Gasteiger partial charge in [0.05, 0.1) is 11.2 Å². The average Bonchev–Trinajstić information content (AvgIpc) is 2.48. The zero-order chi connectivity index (χ0) is 14.4. The predicted octanol–water partition coefficient (Wildman–Crippen LogP) is 5.37. The van der Waals surface area contributed by atoms with Crippen LogP contribution >= 0.6 is 12.2 Å². The standard InChI is InChI=1S/C17H26FNS/c1-2-13-3-5-14(6-4-13)7-8-15-9-10-17(19-12-20)16(18)11-15/h7-8,13-17H,2-6,9-11H2,1H3/b8-7+. The van der Waals surface area contributed by atoms with Gasteiger partial charge in [-0.1, -0.05) is 25.5 Å². The fraction of sp³-hybridized carbons (Fsp3) is 0.824. The van der Waals surface area contributed by atoms with Gasteiger partial charge < -0.3 is 0 Å². The van der Waals surface area contributed by atoms with Crippen LogP contribution in [0.4, 0.5) is 4.39 Å². The molecule has 0 aromatic rings. The number of thiocarbonyl (C=S) groups is 1. The molecule has 0 amide bonds. The van der Waals surface area contributed by atoms with E-state index in [0.717, 1.165) is 24.7 Å². The fourth-order valence-electron chi connectivity index (χ4n) is 3.62. The van der Waals surface area contributed by atoms with Gasteiger partial charge in [0.15, 0.2) is 0 Å². The van der Waals surface area contributed by atoms with Gasteiger partial charge in [-0.3, -0.25) is 0 Å². The first kappa shape index (κ1) is 15.9. The number of alkyl halides is 1. The molecule has 2 fully saturated rings. The van der Waals surface area contributed by atoms with E-state index in [2.05, 4.69) is 41.4 Å². The highest BCUT2D eigenvalue weighted by Gasteiger charge is 2.29. The van der Waals surface area contributed by atoms with Crippen molar-refractivity contribution in [2.75, 3.05) is 0 Å². The summed E-state index contributed by atoms with van der Waals surface area (Å²) in [4.78, 5) is 3.93. The molecule has 3 unspecified atom stereocenters. The highest BCUT2D eigenvalue weighted by atomic mass is 32.1. The van der Waals surface area contributed by atoms with Crippen LogP contribution < -0.4 is 0 Å². The second-order valence-corrected chi connectivity index (χ2v) is 6.63. The molecule has 0 aromatic heterocycles. The SMILES string of the molecule is CCC1CCC(/C=C/C2CCC(N=C=S)C(F)C2)CC1. The van der Waals surface area contributed by atoms with Gasteiger partial charge in [-0.25, -0.2) is 9.38 Å². The first-order valence-corrected chi connectivity index (χ1v) is 8.53.